The molecule has 0 saturated carbocycles. The molecule has 1 fully saturated rings. The number of phenols is 2. The molecule has 2 N–H and O–H groups in total. The van der Waals surface area contributed by atoms with E-state index in [4.69, 9.17) is 4.74 Å². The molecule has 1 aliphatic heterocycles. The van der Waals surface area contributed by atoms with Crippen molar-refractivity contribution in [3.63, 3.8) is 0 Å². The van der Waals surface area contributed by atoms with Gasteiger partial charge in [-0.2, -0.15) is 0 Å². The smallest absolute Gasteiger partial charge is 0.507 e. The second kappa shape index (κ2) is 7.75. The van der Waals surface area contributed by atoms with Gasteiger partial charge in [-0.25, -0.2) is 0 Å². The zero-order chi connectivity index (χ0) is 17.2. The fraction of sp³-hybridized carbons (Fsp3) is 0.0500. The maximum absolute atomic E-state index is 10.4. The van der Waals surface area contributed by atoms with Gasteiger partial charge in [0, 0.05) is 5.56 Å². The number of rotatable bonds is 3. The largest absolute Gasteiger partial charge is 1.00 e. The first-order valence-electron chi connectivity index (χ1n) is 7.94. The third kappa shape index (κ3) is 3.25. The molecule has 1 heterocycles. The van der Waals surface area contributed by atoms with Crippen LogP contribution in [0.1, 0.15) is 11.8 Å². The summed E-state index contributed by atoms with van der Waals surface area (Å²) in [6, 6.07) is 23.8. The molecule has 4 rings (SSSR count). The Morgan fingerprint density at radius 1 is 0.731 bits per heavy atom. The van der Waals surface area contributed by atoms with Crippen LogP contribution in [-0.4, -0.2) is 10.2 Å². The Labute approximate surface area is 164 Å². The molecule has 0 aliphatic carbocycles. The second-order valence-corrected chi connectivity index (χ2v) is 5.67. The number of nitrogens with zero attached hydrogens (tertiary/aromatic N) is 2. The fourth-order valence-corrected chi connectivity index (χ4v) is 2.91. The molecule has 1 aliphatic rings. The second-order valence-electron chi connectivity index (χ2n) is 5.67. The maximum atomic E-state index is 10.4. The van der Waals surface area contributed by atoms with Crippen molar-refractivity contribution in [1.29, 1.82) is 0 Å². The minimum absolute atomic E-state index is 0. The summed E-state index contributed by atoms with van der Waals surface area (Å²) in [5.74, 6) is 0.249. The van der Waals surface area contributed by atoms with Crippen molar-refractivity contribution >= 4 is 11.4 Å². The molecule has 5 nitrogen and oxygen atoms in total. The van der Waals surface area contributed by atoms with Crippen molar-refractivity contribution in [2.24, 2.45) is 0 Å². The number of hydrogen-bond donors (Lipinski definition) is 2. The van der Waals surface area contributed by atoms with Crippen LogP contribution in [0.25, 0.3) is 0 Å². The van der Waals surface area contributed by atoms with Crippen LogP contribution in [0.3, 0.4) is 0 Å². The van der Waals surface area contributed by atoms with Crippen LogP contribution in [0.4, 0.5) is 11.4 Å². The first-order valence-corrected chi connectivity index (χ1v) is 7.94. The Hall–Kier alpha value is -2.58. The van der Waals surface area contributed by atoms with E-state index >= 15 is 0 Å². The number of anilines is 2. The van der Waals surface area contributed by atoms with Gasteiger partial charge in [-0.1, -0.05) is 61.3 Å². The van der Waals surface area contributed by atoms with Crippen molar-refractivity contribution in [3.8, 4) is 11.5 Å². The summed E-state index contributed by atoms with van der Waals surface area (Å²) >= 11 is 0. The molecule has 26 heavy (non-hydrogen) atoms. The molecule has 0 radical (unpaired) electrons. The molecule has 126 valence electrons. The number of aromatic hydroxyl groups is 2. The average molecular weight is 340 g/mol. The van der Waals surface area contributed by atoms with Gasteiger partial charge in [-0.15, -0.1) is 0 Å². The van der Waals surface area contributed by atoms with Gasteiger partial charge in [-0.3, -0.25) is 5.01 Å². The van der Waals surface area contributed by atoms with Crippen molar-refractivity contribution < 1.29 is 33.8 Å². The predicted octanol–water partition coefficient (Wildman–Crippen LogP) is 1.18. The molecule has 3 aromatic rings. The molecular weight excluding hydrogens is 323 g/mol. The minimum Gasteiger partial charge on any atom is -0.507 e. The minimum atomic E-state index is -0.464. The van der Waals surface area contributed by atoms with Gasteiger partial charge >= 0.3 is 18.9 Å². The molecule has 0 spiro atoms. The molecule has 0 bridgehead atoms. The first-order chi connectivity index (χ1) is 12.3. The SMILES string of the molecule is Oc1ccccc1N1[CH-]OC(c2ccccc2)N1c1ccccc1O.[Li+]. The number of hydrogen-bond acceptors (Lipinski definition) is 5. The maximum Gasteiger partial charge on any atom is 1.00 e. The Kier molecular flexibility index (Phi) is 5.43. The van der Waals surface area contributed by atoms with Crippen LogP contribution in [0, 0.1) is 6.73 Å². The molecule has 0 aromatic heterocycles. The van der Waals surface area contributed by atoms with Crippen molar-refractivity contribution in [2.75, 3.05) is 10.0 Å². The van der Waals surface area contributed by atoms with Crippen molar-refractivity contribution in [1.82, 2.24) is 0 Å². The van der Waals surface area contributed by atoms with Gasteiger partial charge in [0.1, 0.15) is 17.7 Å². The normalized spacial score (nSPS) is 16.4. The summed E-state index contributed by atoms with van der Waals surface area (Å²) in [5.41, 5.74) is 2.07. The zero-order valence-corrected chi connectivity index (χ0v) is 14.4. The first kappa shape index (κ1) is 18.2. The van der Waals surface area contributed by atoms with Crippen molar-refractivity contribution in [2.45, 2.75) is 6.23 Å². The molecule has 0 amide bonds. The predicted molar refractivity (Wildman–Crippen MR) is 95.7 cm³/mol. The molecule has 1 unspecified atom stereocenters. The van der Waals surface area contributed by atoms with E-state index in [2.05, 4.69) is 0 Å². The van der Waals surface area contributed by atoms with Crippen LogP contribution in [0.15, 0.2) is 78.9 Å². The van der Waals surface area contributed by atoms with Crippen LogP contribution >= 0.6 is 0 Å². The van der Waals surface area contributed by atoms with Crippen LogP contribution < -0.4 is 28.9 Å². The molecule has 3 aromatic carbocycles. The van der Waals surface area contributed by atoms with Gasteiger partial charge in [0.15, 0.2) is 0 Å². The van der Waals surface area contributed by atoms with Gasteiger partial charge in [-0.05, 0) is 24.3 Å². The zero-order valence-electron chi connectivity index (χ0n) is 14.4. The number of para-hydroxylation sites is 4. The number of ether oxygens (including phenoxy) is 1. The Bertz CT molecular complexity index is 876. The van der Waals surface area contributed by atoms with Gasteiger partial charge in [0.05, 0.1) is 11.4 Å². The number of benzene rings is 3. The molecular formula is C20H17LiN2O3. The number of hydrazine groups is 1. The molecule has 1 saturated heterocycles. The van der Waals surface area contributed by atoms with E-state index in [9.17, 15) is 10.2 Å². The van der Waals surface area contributed by atoms with E-state index in [0.29, 0.717) is 11.4 Å². The topological polar surface area (TPSA) is 56.2 Å². The van der Waals surface area contributed by atoms with Gasteiger partial charge in [0.25, 0.3) is 0 Å². The summed E-state index contributed by atoms with van der Waals surface area (Å²) in [4.78, 5) is 0. The summed E-state index contributed by atoms with van der Waals surface area (Å²) in [7, 11) is 0. The van der Waals surface area contributed by atoms with Crippen LogP contribution in [0.5, 0.6) is 11.5 Å². The van der Waals surface area contributed by atoms with Gasteiger partial charge < -0.3 is 20.0 Å². The van der Waals surface area contributed by atoms with Gasteiger partial charge in [0.2, 0.25) is 0 Å². The van der Waals surface area contributed by atoms with E-state index in [0.717, 1.165) is 5.56 Å². The molecule has 1 atom stereocenters. The third-order valence-electron chi connectivity index (χ3n) is 4.09. The van der Waals surface area contributed by atoms with Crippen LogP contribution in [-0.2, 0) is 4.74 Å². The Balaban J connectivity index is 0.00000196. The van der Waals surface area contributed by atoms with E-state index in [-0.39, 0.29) is 30.4 Å². The fourth-order valence-electron chi connectivity index (χ4n) is 2.91. The summed E-state index contributed by atoms with van der Waals surface area (Å²) in [6.45, 7) is 1.54. The monoisotopic (exact) mass is 340 g/mol. The van der Waals surface area contributed by atoms with E-state index in [1.165, 1.54) is 0 Å². The van der Waals surface area contributed by atoms with E-state index < -0.39 is 6.23 Å². The van der Waals surface area contributed by atoms with Crippen LogP contribution in [0.2, 0.25) is 0 Å². The summed E-state index contributed by atoms with van der Waals surface area (Å²) in [6.07, 6.45) is -0.464. The summed E-state index contributed by atoms with van der Waals surface area (Å²) < 4.78 is 5.89. The van der Waals surface area contributed by atoms with E-state index in [1.807, 2.05) is 42.5 Å². The van der Waals surface area contributed by atoms with Crippen molar-refractivity contribution in [3.05, 3.63) is 91.2 Å². The van der Waals surface area contributed by atoms with E-state index in [1.54, 1.807) is 53.1 Å². The third-order valence-corrected chi connectivity index (χ3v) is 4.09. The summed E-state index contributed by atoms with van der Waals surface area (Å²) in [5, 5.41) is 24.1. The number of phenolic OH excluding ortho intramolecular Hbond substituents is 2. The molecule has 6 heteroatoms. The quantitative estimate of drug-likeness (QED) is 0.554. The standard InChI is InChI=1S/C20H17N2O3.Li/c23-18-12-6-4-10-16(18)21-14-25-20(15-8-2-1-3-9-15)22(21)17-11-5-7-13-19(17)24;/h1-14,20,23-24H;/q-1;+1. The Morgan fingerprint density at radius 2 is 1.27 bits per heavy atom. The Morgan fingerprint density at radius 3 is 1.88 bits per heavy atom. The average Bonchev–Trinajstić information content (AvgIpc) is 3.08.